The molecule has 0 heterocycles. The van der Waals surface area contributed by atoms with Crippen LogP contribution in [0.1, 0.15) is 34.8 Å². The van der Waals surface area contributed by atoms with E-state index < -0.39 is 0 Å². The van der Waals surface area contributed by atoms with Gasteiger partial charge in [0.1, 0.15) is 0 Å². The van der Waals surface area contributed by atoms with Gasteiger partial charge in [0.05, 0.1) is 6.54 Å². The highest BCUT2D eigenvalue weighted by Crippen LogP contribution is 2.19. The van der Waals surface area contributed by atoms with Gasteiger partial charge >= 0.3 is 0 Å². The van der Waals surface area contributed by atoms with Gasteiger partial charge in [-0.05, 0) is 55.7 Å². The van der Waals surface area contributed by atoms with Crippen molar-refractivity contribution in [3.63, 3.8) is 0 Å². The molecule has 2 N–H and O–H groups in total. The van der Waals surface area contributed by atoms with E-state index in [0.717, 1.165) is 35.5 Å². The van der Waals surface area contributed by atoms with Crippen molar-refractivity contribution in [1.29, 1.82) is 0 Å². The summed E-state index contributed by atoms with van der Waals surface area (Å²) in [6.07, 6.45) is 1.06. The number of para-hydroxylation sites is 1. The lowest BCUT2D eigenvalue weighted by Gasteiger charge is -2.18. The third-order valence-electron chi connectivity index (χ3n) is 4.28. The number of carbonyl (C=O) groups is 2. The minimum Gasteiger partial charge on any atom is -0.375 e. The molecule has 5 nitrogen and oxygen atoms in total. The summed E-state index contributed by atoms with van der Waals surface area (Å²) in [5.74, 6) is -0.499. The Bertz CT molecular complexity index is 749. The highest BCUT2D eigenvalue weighted by atomic mass is 16.2. The van der Waals surface area contributed by atoms with E-state index in [9.17, 15) is 9.59 Å². The molecule has 0 aliphatic rings. The van der Waals surface area contributed by atoms with E-state index in [1.165, 1.54) is 0 Å². The van der Waals surface area contributed by atoms with Crippen LogP contribution in [0.2, 0.25) is 0 Å². The second-order valence-electron chi connectivity index (χ2n) is 6.47. The Morgan fingerprint density at radius 3 is 2.19 bits per heavy atom. The summed E-state index contributed by atoms with van der Waals surface area (Å²) in [7, 11) is 2.02. The number of hydrogen-bond acceptors (Lipinski definition) is 3. The van der Waals surface area contributed by atoms with Crippen LogP contribution in [-0.2, 0) is 4.79 Å². The second kappa shape index (κ2) is 9.04. The maximum Gasteiger partial charge on any atom is 0.251 e. The van der Waals surface area contributed by atoms with Crippen LogP contribution in [0.25, 0.3) is 0 Å². The van der Waals surface area contributed by atoms with Crippen LogP contribution in [0.5, 0.6) is 0 Å². The van der Waals surface area contributed by atoms with Gasteiger partial charge in [-0.1, -0.05) is 25.1 Å². The number of nitrogens with zero attached hydrogens (tertiary/aromatic N) is 1. The van der Waals surface area contributed by atoms with Crippen LogP contribution < -0.4 is 15.5 Å². The minimum absolute atomic E-state index is 0.0654. The van der Waals surface area contributed by atoms with Crippen molar-refractivity contribution in [2.24, 2.45) is 0 Å². The lowest BCUT2D eigenvalue weighted by Crippen LogP contribution is -2.33. The average Bonchev–Trinajstić information content (AvgIpc) is 2.63. The van der Waals surface area contributed by atoms with Gasteiger partial charge < -0.3 is 15.5 Å². The Balaban J connectivity index is 1.91. The van der Waals surface area contributed by atoms with E-state index in [-0.39, 0.29) is 18.4 Å². The van der Waals surface area contributed by atoms with Crippen LogP contribution in [0.3, 0.4) is 0 Å². The Morgan fingerprint density at radius 1 is 1.00 bits per heavy atom. The van der Waals surface area contributed by atoms with E-state index in [1.54, 1.807) is 12.1 Å². The van der Waals surface area contributed by atoms with Crippen LogP contribution >= 0.6 is 0 Å². The zero-order valence-electron chi connectivity index (χ0n) is 15.9. The Labute approximate surface area is 155 Å². The second-order valence-corrected chi connectivity index (χ2v) is 6.47. The number of rotatable bonds is 7. The quantitative estimate of drug-likeness (QED) is 0.801. The first-order valence-corrected chi connectivity index (χ1v) is 8.87. The summed E-state index contributed by atoms with van der Waals surface area (Å²) < 4.78 is 0. The third-order valence-corrected chi connectivity index (χ3v) is 4.28. The maximum atomic E-state index is 12.2. The molecule has 0 radical (unpaired) electrons. The molecule has 0 saturated carbocycles. The molecule has 0 aliphatic carbocycles. The summed E-state index contributed by atoms with van der Waals surface area (Å²) in [6.45, 7) is 6.91. The molecule has 0 saturated heterocycles. The van der Waals surface area contributed by atoms with Crippen molar-refractivity contribution >= 4 is 23.2 Å². The van der Waals surface area contributed by atoms with Gasteiger partial charge in [-0.25, -0.2) is 0 Å². The van der Waals surface area contributed by atoms with Gasteiger partial charge in [-0.15, -0.1) is 0 Å². The fourth-order valence-electron chi connectivity index (χ4n) is 2.79. The first kappa shape index (κ1) is 19.5. The van der Waals surface area contributed by atoms with Crippen molar-refractivity contribution in [2.75, 3.05) is 30.4 Å². The number of hydrogen-bond donors (Lipinski definition) is 2. The number of nitrogens with one attached hydrogen (secondary N) is 2. The summed E-state index contributed by atoms with van der Waals surface area (Å²) in [4.78, 5) is 26.5. The SMILES string of the molecule is CCCN(C)c1ccc(C(=O)NCC(=O)Nc2c(C)cccc2C)cc1. The molecule has 0 spiro atoms. The highest BCUT2D eigenvalue weighted by Gasteiger charge is 2.11. The number of amides is 2. The Morgan fingerprint density at radius 2 is 1.62 bits per heavy atom. The summed E-state index contributed by atoms with van der Waals surface area (Å²) in [5, 5.41) is 5.53. The summed E-state index contributed by atoms with van der Waals surface area (Å²) in [6, 6.07) is 13.2. The van der Waals surface area contributed by atoms with E-state index in [2.05, 4.69) is 22.5 Å². The normalized spacial score (nSPS) is 10.3. The van der Waals surface area contributed by atoms with Gasteiger partial charge in [0, 0.05) is 30.5 Å². The predicted octanol–water partition coefficient (Wildman–Crippen LogP) is 3.52. The molecule has 2 amide bonds. The van der Waals surface area contributed by atoms with Gasteiger partial charge in [-0.3, -0.25) is 9.59 Å². The molecule has 138 valence electrons. The smallest absolute Gasteiger partial charge is 0.251 e. The number of anilines is 2. The van der Waals surface area contributed by atoms with E-state index in [1.807, 2.05) is 51.2 Å². The molecule has 0 aliphatic heterocycles. The van der Waals surface area contributed by atoms with Crippen molar-refractivity contribution in [3.8, 4) is 0 Å². The molecule has 0 bridgehead atoms. The van der Waals surface area contributed by atoms with Crippen LogP contribution in [0.4, 0.5) is 11.4 Å². The monoisotopic (exact) mass is 353 g/mol. The fourth-order valence-corrected chi connectivity index (χ4v) is 2.79. The number of aryl methyl sites for hydroxylation is 2. The minimum atomic E-state index is -0.258. The predicted molar refractivity (Wildman–Crippen MR) is 107 cm³/mol. The lowest BCUT2D eigenvalue weighted by atomic mass is 10.1. The van der Waals surface area contributed by atoms with Gasteiger partial charge in [0.25, 0.3) is 5.91 Å². The maximum absolute atomic E-state index is 12.2. The van der Waals surface area contributed by atoms with E-state index in [0.29, 0.717) is 5.56 Å². The zero-order chi connectivity index (χ0) is 19.1. The lowest BCUT2D eigenvalue weighted by molar-refractivity contribution is -0.115. The molecular formula is C21H27N3O2. The molecule has 5 heteroatoms. The molecule has 0 aromatic heterocycles. The fraction of sp³-hybridized carbons (Fsp3) is 0.333. The standard InChI is InChI=1S/C21H27N3O2/c1-5-13-24(4)18-11-9-17(10-12-18)21(26)22-14-19(25)23-20-15(2)7-6-8-16(20)3/h6-12H,5,13-14H2,1-4H3,(H,22,26)(H,23,25). The van der Waals surface area contributed by atoms with Crippen LogP contribution in [-0.4, -0.2) is 32.0 Å². The van der Waals surface area contributed by atoms with Crippen LogP contribution in [0.15, 0.2) is 42.5 Å². The molecular weight excluding hydrogens is 326 g/mol. The van der Waals surface area contributed by atoms with Crippen molar-refractivity contribution in [2.45, 2.75) is 27.2 Å². The first-order valence-electron chi connectivity index (χ1n) is 8.87. The van der Waals surface area contributed by atoms with Crippen molar-refractivity contribution in [1.82, 2.24) is 5.32 Å². The topological polar surface area (TPSA) is 61.4 Å². The van der Waals surface area contributed by atoms with E-state index >= 15 is 0 Å². The first-order chi connectivity index (χ1) is 12.4. The highest BCUT2D eigenvalue weighted by molar-refractivity contribution is 6.00. The third kappa shape index (κ3) is 5.09. The largest absolute Gasteiger partial charge is 0.375 e. The van der Waals surface area contributed by atoms with Crippen molar-refractivity contribution in [3.05, 3.63) is 59.2 Å². The van der Waals surface area contributed by atoms with E-state index in [4.69, 9.17) is 0 Å². The number of carbonyl (C=O) groups excluding carboxylic acids is 2. The van der Waals surface area contributed by atoms with Gasteiger partial charge in [0.15, 0.2) is 0 Å². The molecule has 0 atom stereocenters. The molecule has 0 fully saturated rings. The summed E-state index contributed by atoms with van der Waals surface area (Å²) in [5.41, 5.74) is 4.40. The average molecular weight is 353 g/mol. The van der Waals surface area contributed by atoms with Crippen molar-refractivity contribution < 1.29 is 9.59 Å². The molecule has 2 aromatic carbocycles. The molecule has 0 unspecified atom stereocenters. The van der Waals surface area contributed by atoms with Gasteiger partial charge in [0.2, 0.25) is 5.91 Å². The van der Waals surface area contributed by atoms with Crippen LogP contribution in [0, 0.1) is 13.8 Å². The zero-order valence-corrected chi connectivity index (χ0v) is 15.9. The Kier molecular flexibility index (Phi) is 6.78. The molecule has 26 heavy (non-hydrogen) atoms. The molecule has 2 aromatic rings. The Hall–Kier alpha value is -2.82. The number of benzene rings is 2. The van der Waals surface area contributed by atoms with Gasteiger partial charge in [-0.2, -0.15) is 0 Å². The molecule has 2 rings (SSSR count). The summed E-state index contributed by atoms with van der Waals surface area (Å²) >= 11 is 0.